The van der Waals surface area contributed by atoms with E-state index in [-0.39, 0.29) is 25.0 Å². The summed E-state index contributed by atoms with van der Waals surface area (Å²) in [7, 11) is 1.57. The van der Waals surface area contributed by atoms with Gasteiger partial charge in [-0.25, -0.2) is 4.79 Å². The van der Waals surface area contributed by atoms with Crippen molar-refractivity contribution in [1.82, 2.24) is 20.1 Å². The molecule has 0 spiro atoms. The van der Waals surface area contributed by atoms with E-state index in [1.807, 2.05) is 35.8 Å². The molecule has 1 aliphatic rings. The highest BCUT2D eigenvalue weighted by Crippen LogP contribution is 2.40. The van der Waals surface area contributed by atoms with E-state index in [0.29, 0.717) is 45.2 Å². The van der Waals surface area contributed by atoms with Crippen LogP contribution in [-0.2, 0) is 28.9 Å². The molecule has 1 atom stereocenters. The van der Waals surface area contributed by atoms with Crippen LogP contribution in [0.3, 0.4) is 0 Å². The SMILES string of the molecule is CCOC(=O)c1c(NC(=O)C(C)Sc2nnc(CNC(=O)c3ccc(OC)cc3)n2-c2ccc(OCC)cc2)sc2c1CCC2. The third-order valence-electron chi connectivity index (χ3n) is 7.15. The van der Waals surface area contributed by atoms with Crippen LogP contribution in [-0.4, -0.2) is 58.1 Å². The zero-order chi connectivity index (χ0) is 31.9. The number of carbonyl (C=O) groups is 3. The summed E-state index contributed by atoms with van der Waals surface area (Å²) in [5.74, 6) is 0.884. The normalized spacial score (nSPS) is 12.7. The second-order valence-corrected chi connectivity index (χ2v) is 12.5. The van der Waals surface area contributed by atoms with Gasteiger partial charge in [0.05, 0.1) is 37.7 Å². The standard InChI is InChI=1S/C32H35N5O6S2/c1-5-42-23-16-12-21(13-17-23)37-26(18-33-29(39)20-10-14-22(41-4)15-11-20)35-36-32(37)44-19(3)28(38)34-30-27(31(40)43-6-2)24-8-7-9-25(24)45-30/h10-17,19H,5-9,18H2,1-4H3,(H,33,39)(H,34,38). The van der Waals surface area contributed by atoms with Gasteiger partial charge in [-0.1, -0.05) is 11.8 Å². The van der Waals surface area contributed by atoms with Crippen molar-refractivity contribution in [3.8, 4) is 17.2 Å². The van der Waals surface area contributed by atoms with E-state index in [0.717, 1.165) is 35.4 Å². The molecule has 2 aromatic carbocycles. The molecule has 236 valence electrons. The maximum atomic E-state index is 13.4. The van der Waals surface area contributed by atoms with Crippen LogP contribution < -0.4 is 20.1 Å². The molecule has 0 aliphatic heterocycles. The molecule has 0 saturated heterocycles. The van der Waals surface area contributed by atoms with E-state index in [2.05, 4.69) is 20.8 Å². The van der Waals surface area contributed by atoms with E-state index < -0.39 is 11.2 Å². The van der Waals surface area contributed by atoms with Crippen LogP contribution in [0.5, 0.6) is 11.5 Å². The smallest absolute Gasteiger partial charge is 0.341 e. The van der Waals surface area contributed by atoms with Crippen molar-refractivity contribution in [1.29, 1.82) is 0 Å². The molecule has 1 aliphatic carbocycles. The summed E-state index contributed by atoms with van der Waals surface area (Å²) >= 11 is 2.66. The fourth-order valence-electron chi connectivity index (χ4n) is 4.95. The zero-order valence-corrected chi connectivity index (χ0v) is 27.2. The maximum absolute atomic E-state index is 13.4. The van der Waals surface area contributed by atoms with Crippen LogP contribution >= 0.6 is 23.1 Å². The van der Waals surface area contributed by atoms with Gasteiger partial charge in [-0.2, -0.15) is 0 Å². The fourth-order valence-corrected chi connectivity index (χ4v) is 7.12. The summed E-state index contributed by atoms with van der Waals surface area (Å²) in [4.78, 5) is 40.2. The highest BCUT2D eigenvalue weighted by molar-refractivity contribution is 8.00. The molecule has 1 unspecified atom stereocenters. The number of rotatable bonds is 13. The van der Waals surface area contributed by atoms with Gasteiger partial charge in [-0.3, -0.25) is 14.2 Å². The van der Waals surface area contributed by atoms with E-state index in [1.54, 1.807) is 45.2 Å². The number of nitrogens with zero attached hydrogens (tertiary/aromatic N) is 3. The molecule has 0 saturated carbocycles. The van der Waals surface area contributed by atoms with Crippen LogP contribution in [0.2, 0.25) is 0 Å². The summed E-state index contributed by atoms with van der Waals surface area (Å²) < 4.78 is 17.9. The number of esters is 1. The molecular weight excluding hydrogens is 615 g/mol. The van der Waals surface area contributed by atoms with Gasteiger partial charge in [0.1, 0.15) is 16.5 Å². The lowest BCUT2D eigenvalue weighted by Crippen LogP contribution is -2.25. The Bertz CT molecular complexity index is 1670. The molecule has 2 N–H and O–H groups in total. The third kappa shape index (κ3) is 7.31. The minimum absolute atomic E-state index is 0.0931. The first-order chi connectivity index (χ1) is 21.8. The number of ether oxygens (including phenoxy) is 3. The number of hydrogen-bond donors (Lipinski definition) is 2. The molecule has 13 heteroatoms. The highest BCUT2D eigenvalue weighted by atomic mass is 32.2. The van der Waals surface area contributed by atoms with Gasteiger partial charge in [-0.05, 0) is 94.1 Å². The molecule has 0 radical (unpaired) electrons. The van der Waals surface area contributed by atoms with Crippen molar-refractivity contribution in [2.45, 2.75) is 57.0 Å². The third-order valence-corrected chi connectivity index (χ3v) is 9.40. The lowest BCUT2D eigenvalue weighted by molar-refractivity contribution is -0.115. The highest BCUT2D eigenvalue weighted by Gasteiger charge is 2.30. The number of aryl methyl sites for hydroxylation is 1. The van der Waals surface area contributed by atoms with Gasteiger partial charge in [0.15, 0.2) is 11.0 Å². The molecule has 11 nitrogen and oxygen atoms in total. The number of fused-ring (bicyclic) bond motifs is 1. The second-order valence-electron chi connectivity index (χ2n) is 10.1. The van der Waals surface area contributed by atoms with Crippen molar-refractivity contribution < 1.29 is 28.6 Å². The van der Waals surface area contributed by atoms with Crippen LogP contribution in [0.15, 0.2) is 53.7 Å². The number of amides is 2. The molecule has 0 fully saturated rings. The number of anilines is 1. The van der Waals surface area contributed by atoms with E-state index in [4.69, 9.17) is 14.2 Å². The molecule has 2 amide bonds. The summed E-state index contributed by atoms with van der Waals surface area (Å²) in [6.45, 7) is 6.34. The van der Waals surface area contributed by atoms with Crippen molar-refractivity contribution in [2.24, 2.45) is 0 Å². The van der Waals surface area contributed by atoms with Crippen molar-refractivity contribution in [3.05, 3.63) is 75.9 Å². The Morgan fingerprint density at radius 1 is 1.00 bits per heavy atom. The number of thiophene rings is 1. The van der Waals surface area contributed by atoms with Gasteiger partial charge in [-0.15, -0.1) is 21.5 Å². The first-order valence-corrected chi connectivity index (χ1v) is 16.4. The molecule has 2 heterocycles. The van der Waals surface area contributed by atoms with Crippen LogP contribution in [0.4, 0.5) is 5.00 Å². The average molecular weight is 650 g/mol. The predicted molar refractivity (Wildman–Crippen MR) is 173 cm³/mol. The number of thioether (sulfide) groups is 1. The summed E-state index contributed by atoms with van der Waals surface area (Å²) in [6, 6.07) is 14.2. The minimum atomic E-state index is -0.593. The fraction of sp³-hybridized carbons (Fsp3) is 0.344. The number of nitrogens with one attached hydrogen (secondary N) is 2. The maximum Gasteiger partial charge on any atom is 0.341 e. The van der Waals surface area contributed by atoms with Gasteiger partial charge >= 0.3 is 5.97 Å². The topological polar surface area (TPSA) is 134 Å². The van der Waals surface area contributed by atoms with Crippen molar-refractivity contribution >= 4 is 45.9 Å². The quantitative estimate of drug-likeness (QED) is 0.143. The molecule has 45 heavy (non-hydrogen) atoms. The average Bonchev–Trinajstić information content (AvgIpc) is 3.75. The van der Waals surface area contributed by atoms with E-state index in [1.165, 1.54) is 23.1 Å². The van der Waals surface area contributed by atoms with E-state index >= 15 is 0 Å². The number of carbonyl (C=O) groups excluding carboxylic acids is 3. The van der Waals surface area contributed by atoms with Gasteiger partial charge in [0.2, 0.25) is 5.91 Å². The lowest BCUT2D eigenvalue weighted by Gasteiger charge is -2.15. The molecule has 0 bridgehead atoms. The van der Waals surface area contributed by atoms with Gasteiger partial charge in [0, 0.05) is 16.1 Å². The van der Waals surface area contributed by atoms with Gasteiger partial charge < -0.3 is 24.8 Å². The molecule has 5 rings (SSSR count). The first-order valence-electron chi connectivity index (χ1n) is 14.7. The largest absolute Gasteiger partial charge is 0.497 e. The predicted octanol–water partition coefficient (Wildman–Crippen LogP) is 5.45. The number of aromatic nitrogens is 3. The Labute approximate surface area is 269 Å². The number of hydrogen-bond acceptors (Lipinski definition) is 10. The summed E-state index contributed by atoms with van der Waals surface area (Å²) in [5, 5.41) is 15.0. The van der Waals surface area contributed by atoms with Crippen LogP contribution in [0.25, 0.3) is 5.69 Å². The molecular formula is C32H35N5O6S2. The van der Waals surface area contributed by atoms with Crippen LogP contribution in [0.1, 0.15) is 64.2 Å². The first kappa shape index (κ1) is 32.0. The van der Waals surface area contributed by atoms with Crippen molar-refractivity contribution in [2.75, 3.05) is 25.6 Å². The number of methoxy groups -OCH3 is 1. The molecule has 4 aromatic rings. The Morgan fingerprint density at radius 2 is 1.73 bits per heavy atom. The molecule has 2 aromatic heterocycles. The Hall–Kier alpha value is -4.36. The zero-order valence-electron chi connectivity index (χ0n) is 25.5. The summed E-state index contributed by atoms with van der Waals surface area (Å²) in [6.07, 6.45) is 2.66. The van der Waals surface area contributed by atoms with E-state index in [9.17, 15) is 14.4 Å². The minimum Gasteiger partial charge on any atom is -0.497 e. The Balaban J connectivity index is 1.36. The van der Waals surface area contributed by atoms with Gasteiger partial charge in [0.25, 0.3) is 5.91 Å². The monoisotopic (exact) mass is 649 g/mol. The lowest BCUT2D eigenvalue weighted by atomic mass is 10.1. The second kappa shape index (κ2) is 14.6. The Morgan fingerprint density at radius 3 is 2.42 bits per heavy atom. The Kier molecular flexibility index (Phi) is 10.4. The summed E-state index contributed by atoms with van der Waals surface area (Å²) in [5.41, 5.74) is 2.66. The van der Waals surface area contributed by atoms with Crippen molar-refractivity contribution in [3.63, 3.8) is 0 Å². The van der Waals surface area contributed by atoms with Crippen LogP contribution in [0, 0.1) is 0 Å². The number of benzene rings is 2.